The Hall–Kier alpha value is 1.22. The van der Waals surface area contributed by atoms with Crippen LogP contribution in [0.4, 0.5) is 0 Å². The zero-order valence-corrected chi connectivity index (χ0v) is 8.55. The predicted octanol–water partition coefficient (Wildman–Crippen LogP) is 1.76. The van der Waals surface area contributed by atoms with Crippen LogP contribution < -0.4 is 0 Å². The van der Waals surface area contributed by atoms with Gasteiger partial charge in [0, 0.05) is 0 Å². The van der Waals surface area contributed by atoms with Gasteiger partial charge >= 0.3 is 71.1 Å². The van der Waals surface area contributed by atoms with E-state index in [2.05, 4.69) is 23.5 Å². The average molecular weight is 225 g/mol. The summed E-state index contributed by atoms with van der Waals surface area (Å²) < 4.78 is 0. The normalized spacial score (nSPS) is 38.7. The third-order valence-corrected chi connectivity index (χ3v) is 6.99. The van der Waals surface area contributed by atoms with E-state index in [-0.39, 0.29) is 0 Å². The van der Waals surface area contributed by atoms with Crippen molar-refractivity contribution in [3.8, 4) is 0 Å². The fraction of sp³-hybridized carbons (Fsp3) is 1.00. The van der Waals surface area contributed by atoms with Crippen molar-refractivity contribution in [1.82, 2.24) is 0 Å². The Bertz CT molecular complexity index is 87.2. The minimum absolute atomic E-state index is 1.00. The van der Waals surface area contributed by atoms with Crippen LogP contribution in [0.3, 0.4) is 0 Å². The van der Waals surface area contributed by atoms with Gasteiger partial charge in [-0.05, 0) is 0 Å². The first kappa shape index (κ1) is 6.90. The molecule has 2 saturated heterocycles. The van der Waals surface area contributed by atoms with Gasteiger partial charge in [0.1, 0.15) is 0 Å². The van der Waals surface area contributed by atoms with Gasteiger partial charge in [-0.15, -0.1) is 0 Å². The first-order valence-corrected chi connectivity index (χ1v) is 7.78. The molecule has 2 rings (SSSR count). The average Bonchev–Trinajstić information content (AvgIpc) is 2.57. The van der Waals surface area contributed by atoms with Crippen molar-refractivity contribution < 1.29 is 0 Å². The minimum atomic E-state index is 1.00. The SMILES string of the molecule is C1SC1C[Se]CC1CS1. The van der Waals surface area contributed by atoms with Gasteiger partial charge in [-0.2, -0.15) is 0 Å². The number of hydrogen-bond donors (Lipinski definition) is 0. The zero-order valence-electron chi connectivity index (χ0n) is 5.21. The molecule has 2 atom stereocenters. The number of thioether (sulfide) groups is 2. The molecule has 0 aromatic rings. The summed E-state index contributed by atoms with van der Waals surface area (Å²) in [6.07, 6.45) is 0. The van der Waals surface area contributed by atoms with Crippen LogP contribution in [0, 0.1) is 0 Å². The molecule has 0 aromatic carbocycles. The molecule has 0 spiro atoms. The van der Waals surface area contributed by atoms with E-state index >= 15 is 0 Å². The first-order valence-electron chi connectivity index (χ1n) is 3.26. The summed E-state index contributed by atoms with van der Waals surface area (Å²) in [4.78, 5) is 0. The topological polar surface area (TPSA) is 0 Å². The van der Waals surface area contributed by atoms with Gasteiger partial charge in [0.05, 0.1) is 0 Å². The molecule has 0 bridgehead atoms. The van der Waals surface area contributed by atoms with Crippen LogP contribution in [0.2, 0.25) is 10.6 Å². The Morgan fingerprint density at radius 2 is 1.56 bits per heavy atom. The van der Waals surface area contributed by atoms with Gasteiger partial charge in [-0.3, -0.25) is 0 Å². The maximum atomic E-state index is 2.15. The van der Waals surface area contributed by atoms with Crippen molar-refractivity contribution in [2.24, 2.45) is 0 Å². The Morgan fingerprint density at radius 3 is 1.89 bits per heavy atom. The molecule has 9 heavy (non-hydrogen) atoms. The molecule has 0 amide bonds. The Morgan fingerprint density at radius 1 is 1.11 bits per heavy atom. The van der Waals surface area contributed by atoms with Crippen molar-refractivity contribution >= 4 is 38.5 Å². The summed E-state index contributed by atoms with van der Waals surface area (Å²) in [5, 5.41) is 5.34. The van der Waals surface area contributed by atoms with Crippen molar-refractivity contribution in [1.29, 1.82) is 0 Å². The van der Waals surface area contributed by atoms with Gasteiger partial charge in [0.25, 0.3) is 0 Å². The number of hydrogen-bond acceptors (Lipinski definition) is 2. The van der Waals surface area contributed by atoms with Crippen LogP contribution in [0.1, 0.15) is 0 Å². The molecule has 2 aliphatic heterocycles. The molecule has 0 aromatic heterocycles. The van der Waals surface area contributed by atoms with Gasteiger partial charge < -0.3 is 0 Å². The van der Waals surface area contributed by atoms with Crippen molar-refractivity contribution in [3.05, 3.63) is 0 Å². The van der Waals surface area contributed by atoms with E-state index in [4.69, 9.17) is 0 Å². The van der Waals surface area contributed by atoms with Gasteiger partial charge in [0.15, 0.2) is 0 Å². The summed E-state index contributed by atoms with van der Waals surface area (Å²) in [6, 6.07) is 0. The predicted molar refractivity (Wildman–Crippen MR) is 47.9 cm³/mol. The van der Waals surface area contributed by atoms with E-state index < -0.39 is 0 Å². The molecular weight excluding hydrogens is 215 g/mol. The molecule has 0 N–H and O–H groups in total. The summed E-state index contributed by atoms with van der Waals surface area (Å²) in [5.74, 6) is 2.94. The van der Waals surface area contributed by atoms with Gasteiger partial charge in [0.2, 0.25) is 0 Å². The third kappa shape index (κ3) is 2.75. The second kappa shape index (κ2) is 3.08. The molecule has 2 aliphatic rings. The first-order chi connectivity index (χ1) is 4.45. The van der Waals surface area contributed by atoms with Gasteiger partial charge in [-0.1, -0.05) is 0 Å². The molecule has 0 radical (unpaired) electrons. The van der Waals surface area contributed by atoms with Crippen LogP contribution >= 0.6 is 23.5 Å². The van der Waals surface area contributed by atoms with Crippen LogP contribution in [0.25, 0.3) is 0 Å². The van der Waals surface area contributed by atoms with E-state index in [0.29, 0.717) is 0 Å². The fourth-order valence-electron chi connectivity index (χ4n) is 0.659. The van der Waals surface area contributed by atoms with E-state index in [0.717, 1.165) is 25.5 Å². The molecule has 2 heterocycles. The quantitative estimate of drug-likeness (QED) is 0.528. The van der Waals surface area contributed by atoms with Crippen molar-refractivity contribution in [3.63, 3.8) is 0 Å². The zero-order chi connectivity index (χ0) is 6.10. The Balaban J connectivity index is 1.46. The molecular formula is C6H10S2Se. The second-order valence-electron chi connectivity index (χ2n) is 2.45. The standard InChI is InChI=1S/C6H10S2Se/c1-5(7-1)3-9-4-6-2-8-6/h5-6H,1-4H2. The molecule has 0 saturated carbocycles. The van der Waals surface area contributed by atoms with Gasteiger partial charge in [-0.25, -0.2) is 0 Å². The van der Waals surface area contributed by atoms with E-state index in [1.54, 1.807) is 10.6 Å². The maximum absolute atomic E-state index is 2.15. The number of rotatable bonds is 4. The molecule has 0 nitrogen and oxygen atoms in total. The van der Waals surface area contributed by atoms with Crippen LogP contribution in [0.15, 0.2) is 0 Å². The van der Waals surface area contributed by atoms with E-state index in [1.165, 1.54) is 11.5 Å². The van der Waals surface area contributed by atoms with Crippen LogP contribution in [-0.4, -0.2) is 37.0 Å². The van der Waals surface area contributed by atoms with Crippen LogP contribution in [0.5, 0.6) is 0 Å². The fourth-order valence-corrected chi connectivity index (χ4v) is 6.13. The molecule has 3 heteroatoms. The van der Waals surface area contributed by atoms with Crippen LogP contribution in [-0.2, 0) is 0 Å². The monoisotopic (exact) mass is 226 g/mol. The summed E-state index contributed by atoms with van der Waals surface area (Å²) in [6.45, 7) is 0. The molecule has 2 fully saturated rings. The van der Waals surface area contributed by atoms with E-state index in [9.17, 15) is 0 Å². The Kier molecular flexibility index (Phi) is 2.36. The Labute approximate surface area is 71.1 Å². The molecule has 2 unspecified atom stereocenters. The molecule has 52 valence electrons. The van der Waals surface area contributed by atoms with Crippen molar-refractivity contribution in [2.45, 2.75) is 21.1 Å². The summed E-state index contributed by atoms with van der Waals surface area (Å²) in [7, 11) is 0. The summed E-state index contributed by atoms with van der Waals surface area (Å²) in [5.41, 5.74) is 0. The van der Waals surface area contributed by atoms with E-state index in [1.807, 2.05) is 0 Å². The third-order valence-electron chi connectivity index (χ3n) is 1.41. The molecule has 0 aliphatic carbocycles. The second-order valence-corrected chi connectivity index (χ2v) is 7.37. The van der Waals surface area contributed by atoms with Crippen molar-refractivity contribution in [2.75, 3.05) is 11.5 Å². The summed E-state index contributed by atoms with van der Waals surface area (Å²) >= 11 is 5.30.